The zero-order valence-corrected chi connectivity index (χ0v) is 13.9. The van der Waals surface area contributed by atoms with Crippen molar-refractivity contribution in [2.75, 3.05) is 18.0 Å². The number of carbonyl (C=O) groups excluding carboxylic acids is 1. The van der Waals surface area contributed by atoms with Crippen LogP contribution in [0.25, 0.3) is 0 Å². The molecule has 3 rings (SSSR count). The molecule has 7 nitrogen and oxygen atoms in total. The van der Waals surface area contributed by atoms with Crippen molar-refractivity contribution in [1.82, 2.24) is 5.32 Å². The summed E-state index contributed by atoms with van der Waals surface area (Å²) < 4.78 is 5.16. The van der Waals surface area contributed by atoms with Gasteiger partial charge in [0.05, 0.1) is 17.7 Å². The van der Waals surface area contributed by atoms with Crippen LogP contribution >= 0.6 is 0 Å². The lowest BCUT2D eigenvalue weighted by molar-refractivity contribution is -0.384. The topological polar surface area (TPSA) is 88.6 Å². The molecule has 0 saturated carbocycles. The summed E-state index contributed by atoms with van der Waals surface area (Å²) in [5.41, 5.74) is 0.846. The maximum Gasteiger partial charge on any atom is 0.293 e. The van der Waals surface area contributed by atoms with Crippen LogP contribution in [-0.4, -0.2) is 23.9 Å². The lowest BCUT2D eigenvalue weighted by atomic mass is 10.1. The molecule has 0 atom stereocenters. The van der Waals surface area contributed by atoms with Crippen molar-refractivity contribution >= 4 is 17.3 Å². The zero-order chi connectivity index (χ0) is 17.6. The largest absolute Gasteiger partial charge is 0.467 e. The fourth-order valence-electron chi connectivity index (χ4n) is 3.07. The Hall–Kier alpha value is -2.83. The van der Waals surface area contributed by atoms with Gasteiger partial charge in [-0.1, -0.05) is 12.8 Å². The second-order valence-electron chi connectivity index (χ2n) is 6.12. The molecule has 0 aliphatic carbocycles. The normalized spacial score (nSPS) is 14.8. The number of hydrogen-bond acceptors (Lipinski definition) is 5. The van der Waals surface area contributed by atoms with E-state index in [1.165, 1.54) is 12.3 Å². The third-order valence-corrected chi connectivity index (χ3v) is 4.38. The van der Waals surface area contributed by atoms with Gasteiger partial charge in [-0.05, 0) is 37.1 Å². The van der Waals surface area contributed by atoms with E-state index < -0.39 is 4.92 Å². The van der Waals surface area contributed by atoms with E-state index in [2.05, 4.69) is 10.2 Å². The molecule has 0 radical (unpaired) electrons. The second-order valence-corrected chi connectivity index (χ2v) is 6.12. The summed E-state index contributed by atoms with van der Waals surface area (Å²) >= 11 is 0. The van der Waals surface area contributed by atoms with Gasteiger partial charge in [-0.25, -0.2) is 0 Å². The summed E-state index contributed by atoms with van der Waals surface area (Å²) in [5, 5.41) is 14.2. The number of carbonyl (C=O) groups is 1. The van der Waals surface area contributed by atoms with Crippen molar-refractivity contribution in [3.05, 3.63) is 58.0 Å². The number of nitrogens with one attached hydrogen (secondary N) is 1. The van der Waals surface area contributed by atoms with Crippen LogP contribution in [0.4, 0.5) is 11.4 Å². The van der Waals surface area contributed by atoms with Crippen LogP contribution in [0.15, 0.2) is 41.0 Å². The van der Waals surface area contributed by atoms with Gasteiger partial charge in [0.25, 0.3) is 11.6 Å². The minimum absolute atomic E-state index is 0.0208. The molecule has 1 saturated heterocycles. The molecule has 0 spiro atoms. The average molecular weight is 343 g/mol. The highest BCUT2D eigenvalue weighted by atomic mass is 16.6. The van der Waals surface area contributed by atoms with Gasteiger partial charge in [0.1, 0.15) is 11.4 Å². The smallest absolute Gasteiger partial charge is 0.293 e. The number of nitrogens with zero attached hydrogens (tertiary/aromatic N) is 2. The summed E-state index contributed by atoms with van der Waals surface area (Å²) in [4.78, 5) is 25.4. The van der Waals surface area contributed by atoms with Crippen LogP contribution < -0.4 is 10.2 Å². The van der Waals surface area contributed by atoms with Crippen LogP contribution in [0.5, 0.6) is 0 Å². The minimum atomic E-state index is -0.413. The fourth-order valence-corrected chi connectivity index (χ4v) is 3.07. The number of benzene rings is 1. The second kappa shape index (κ2) is 7.83. The monoisotopic (exact) mass is 343 g/mol. The van der Waals surface area contributed by atoms with E-state index in [9.17, 15) is 14.9 Å². The predicted octanol–water partition coefficient (Wildman–Crippen LogP) is 3.50. The fraction of sp³-hybridized carbons (Fsp3) is 0.389. The van der Waals surface area contributed by atoms with Gasteiger partial charge in [-0.15, -0.1) is 0 Å². The van der Waals surface area contributed by atoms with Crippen molar-refractivity contribution in [3.63, 3.8) is 0 Å². The Morgan fingerprint density at radius 1 is 1.20 bits per heavy atom. The van der Waals surface area contributed by atoms with E-state index in [4.69, 9.17) is 4.42 Å². The number of anilines is 1. The zero-order valence-electron chi connectivity index (χ0n) is 13.9. The molecule has 7 heteroatoms. The summed E-state index contributed by atoms with van der Waals surface area (Å²) in [6, 6.07) is 8.18. The first-order valence-corrected chi connectivity index (χ1v) is 8.49. The lowest BCUT2D eigenvalue weighted by Crippen LogP contribution is -2.26. The first-order valence-electron chi connectivity index (χ1n) is 8.49. The van der Waals surface area contributed by atoms with Crippen molar-refractivity contribution in [3.8, 4) is 0 Å². The Kier molecular flexibility index (Phi) is 5.33. The van der Waals surface area contributed by atoms with Gasteiger partial charge >= 0.3 is 0 Å². The van der Waals surface area contributed by atoms with Crippen molar-refractivity contribution in [2.45, 2.75) is 32.2 Å². The van der Waals surface area contributed by atoms with Gasteiger partial charge in [-0.2, -0.15) is 0 Å². The molecular formula is C18H21N3O4. The summed E-state index contributed by atoms with van der Waals surface area (Å²) in [5.74, 6) is 0.269. The van der Waals surface area contributed by atoms with E-state index in [1.807, 2.05) is 0 Å². The molecule has 132 valence electrons. The SMILES string of the molecule is O=C(NCc1ccco1)c1ccc(N2CCCCCC2)c([N+](=O)[O-])c1. The van der Waals surface area contributed by atoms with E-state index in [-0.39, 0.29) is 23.7 Å². The molecule has 1 aromatic carbocycles. The maximum atomic E-state index is 12.3. The lowest BCUT2D eigenvalue weighted by Gasteiger charge is -2.22. The summed E-state index contributed by atoms with van der Waals surface area (Å²) in [7, 11) is 0. The molecule has 1 fully saturated rings. The first-order chi connectivity index (χ1) is 12.1. The van der Waals surface area contributed by atoms with E-state index in [0.717, 1.165) is 38.8 Å². The number of hydrogen-bond donors (Lipinski definition) is 1. The van der Waals surface area contributed by atoms with Gasteiger partial charge in [0.2, 0.25) is 0 Å². The highest BCUT2D eigenvalue weighted by Gasteiger charge is 2.22. The molecule has 1 aromatic heterocycles. The van der Waals surface area contributed by atoms with Crippen molar-refractivity contribution in [2.24, 2.45) is 0 Å². The third kappa shape index (κ3) is 4.17. The predicted molar refractivity (Wildman–Crippen MR) is 93.7 cm³/mol. The van der Waals surface area contributed by atoms with Crippen LogP contribution in [0.1, 0.15) is 41.8 Å². The molecule has 1 aliphatic heterocycles. The molecule has 1 amide bonds. The Labute approximate surface area is 145 Å². The number of nitro groups is 1. The molecule has 2 heterocycles. The van der Waals surface area contributed by atoms with Gasteiger partial charge < -0.3 is 14.6 Å². The molecule has 1 aliphatic rings. The van der Waals surface area contributed by atoms with E-state index in [1.54, 1.807) is 24.3 Å². The van der Waals surface area contributed by atoms with Gasteiger partial charge in [0, 0.05) is 24.7 Å². The summed E-state index contributed by atoms with van der Waals surface area (Å²) in [6.45, 7) is 1.86. The van der Waals surface area contributed by atoms with E-state index >= 15 is 0 Å². The van der Waals surface area contributed by atoms with Crippen LogP contribution in [0.2, 0.25) is 0 Å². The molecule has 25 heavy (non-hydrogen) atoms. The highest BCUT2D eigenvalue weighted by Crippen LogP contribution is 2.31. The Bertz CT molecular complexity index is 735. The summed E-state index contributed by atoms with van der Waals surface area (Å²) in [6.07, 6.45) is 5.89. The number of rotatable bonds is 5. The van der Waals surface area contributed by atoms with Crippen molar-refractivity contribution in [1.29, 1.82) is 0 Å². The Morgan fingerprint density at radius 2 is 1.96 bits per heavy atom. The number of amides is 1. The first kappa shape index (κ1) is 17.0. The number of nitro benzene ring substituents is 1. The quantitative estimate of drug-likeness (QED) is 0.663. The van der Waals surface area contributed by atoms with Crippen LogP contribution in [0.3, 0.4) is 0 Å². The van der Waals surface area contributed by atoms with Gasteiger partial charge in [0.15, 0.2) is 0 Å². The van der Waals surface area contributed by atoms with Crippen LogP contribution in [0, 0.1) is 10.1 Å². The average Bonchev–Trinajstić information content (AvgIpc) is 2.99. The molecule has 0 bridgehead atoms. The molecular weight excluding hydrogens is 322 g/mol. The maximum absolute atomic E-state index is 12.3. The van der Waals surface area contributed by atoms with Crippen molar-refractivity contribution < 1.29 is 14.1 Å². The van der Waals surface area contributed by atoms with E-state index in [0.29, 0.717) is 11.4 Å². The molecule has 1 N–H and O–H groups in total. The molecule has 0 unspecified atom stereocenters. The Morgan fingerprint density at radius 3 is 2.60 bits per heavy atom. The Balaban J connectivity index is 1.78. The molecule has 2 aromatic rings. The van der Waals surface area contributed by atoms with Crippen LogP contribution in [-0.2, 0) is 6.54 Å². The van der Waals surface area contributed by atoms with Gasteiger partial charge in [-0.3, -0.25) is 14.9 Å². The highest BCUT2D eigenvalue weighted by molar-refractivity contribution is 5.95. The standard InChI is InChI=1S/C18H21N3O4/c22-18(19-13-15-6-5-11-25-15)14-7-8-16(17(12-14)21(23)24)20-9-3-1-2-4-10-20/h5-8,11-12H,1-4,9-10,13H2,(H,19,22). The minimum Gasteiger partial charge on any atom is -0.467 e. The number of furan rings is 1. The third-order valence-electron chi connectivity index (χ3n) is 4.38.